The average Bonchev–Trinajstić information content (AvgIpc) is 3.03. The van der Waals surface area contributed by atoms with E-state index in [0.29, 0.717) is 11.5 Å². The molecule has 25 heavy (non-hydrogen) atoms. The molecule has 0 aliphatic carbocycles. The first-order chi connectivity index (χ1) is 11.5. The number of hydrogen-bond acceptors (Lipinski definition) is 4. The highest BCUT2D eigenvalue weighted by molar-refractivity contribution is 6.14. The Morgan fingerprint density at radius 3 is 2.04 bits per heavy atom. The third kappa shape index (κ3) is 3.08. The van der Waals surface area contributed by atoms with Gasteiger partial charge in [-0.25, -0.2) is 4.79 Å². The first kappa shape index (κ1) is 17.3. The molecule has 1 aromatic rings. The van der Waals surface area contributed by atoms with Crippen molar-refractivity contribution in [3.05, 3.63) is 28.5 Å². The van der Waals surface area contributed by atoms with Crippen LogP contribution in [-0.2, 0) is 15.6 Å². The lowest BCUT2D eigenvalue weighted by Gasteiger charge is -2.28. The van der Waals surface area contributed by atoms with E-state index in [9.17, 15) is 9.59 Å². The van der Waals surface area contributed by atoms with Crippen molar-refractivity contribution in [2.24, 2.45) is 0 Å². The van der Waals surface area contributed by atoms with Crippen LogP contribution < -0.4 is 20.1 Å². The molecule has 0 unspecified atom stereocenters. The van der Waals surface area contributed by atoms with Crippen LogP contribution in [0.25, 0.3) is 6.08 Å². The Morgan fingerprint density at radius 2 is 1.52 bits per heavy atom. The molecule has 1 aromatic carbocycles. The SMILES string of the molecule is CC(C)(C)c1cc(C(C)(C)C)c2c(c1/C=C1\NC(=O)NC1=O)OCO2. The molecule has 1 saturated heterocycles. The van der Waals surface area contributed by atoms with Crippen molar-refractivity contribution in [1.82, 2.24) is 10.6 Å². The largest absolute Gasteiger partial charge is 0.453 e. The standard InChI is InChI=1S/C19H24N2O4/c1-18(2,3)11-8-12(19(4,5)6)15-14(24-9-25-15)10(11)7-13-16(22)21-17(23)20-13/h7-8H,9H2,1-6H3,(H2,20,21,22,23)/b13-7-. The van der Waals surface area contributed by atoms with E-state index in [1.165, 1.54) is 0 Å². The Morgan fingerprint density at radius 1 is 0.920 bits per heavy atom. The summed E-state index contributed by atoms with van der Waals surface area (Å²) in [6.07, 6.45) is 1.67. The number of hydrogen-bond donors (Lipinski definition) is 2. The monoisotopic (exact) mass is 344 g/mol. The summed E-state index contributed by atoms with van der Waals surface area (Å²) in [7, 11) is 0. The third-order valence-corrected chi connectivity index (χ3v) is 4.31. The average molecular weight is 344 g/mol. The molecule has 6 nitrogen and oxygen atoms in total. The van der Waals surface area contributed by atoms with Gasteiger partial charge >= 0.3 is 6.03 Å². The van der Waals surface area contributed by atoms with Crippen LogP contribution in [0.2, 0.25) is 0 Å². The molecule has 6 heteroatoms. The van der Waals surface area contributed by atoms with Crippen LogP contribution in [0.15, 0.2) is 11.8 Å². The zero-order valence-corrected chi connectivity index (χ0v) is 15.5. The lowest BCUT2D eigenvalue weighted by Crippen LogP contribution is -2.22. The molecule has 0 spiro atoms. The maximum Gasteiger partial charge on any atom is 0.326 e. The predicted molar refractivity (Wildman–Crippen MR) is 94.6 cm³/mol. The number of imide groups is 1. The number of nitrogens with one attached hydrogen (secondary N) is 2. The van der Waals surface area contributed by atoms with Crippen LogP contribution in [0.1, 0.15) is 58.2 Å². The van der Waals surface area contributed by atoms with Crippen molar-refractivity contribution in [2.75, 3.05) is 6.79 Å². The molecule has 0 atom stereocenters. The molecule has 3 amide bonds. The number of rotatable bonds is 1. The van der Waals surface area contributed by atoms with Gasteiger partial charge in [-0.05, 0) is 22.5 Å². The van der Waals surface area contributed by atoms with Gasteiger partial charge in [-0.3, -0.25) is 10.1 Å². The van der Waals surface area contributed by atoms with Gasteiger partial charge in [-0.2, -0.15) is 0 Å². The quantitative estimate of drug-likeness (QED) is 0.606. The summed E-state index contributed by atoms with van der Waals surface area (Å²) in [4.78, 5) is 23.4. The summed E-state index contributed by atoms with van der Waals surface area (Å²) in [6.45, 7) is 12.8. The van der Waals surface area contributed by atoms with Crippen LogP contribution >= 0.6 is 0 Å². The van der Waals surface area contributed by atoms with Gasteiger partial charge in [0, 0.05) is 11.1 Å². The number of benzene rings is 1. The second kappa shape index (κ2) is 5.51. The van der Waals surface area contributed by atoms with Crippen molar-refractivity contribution >= 4 is 18.0 Å². The van der Waals surface area contributed by atoms with E-state index < -0.39 is 11.9 Å². The van der Waals surface area contributed by atoms with Crippen LogP contribution in [0.3, 0.4) is 0 Å². The highest BCUT2D eigenvalue weighted by atomic mass is 16.7. The van der Waals surface area contributed by atoms with Crippen molar-refractivity contribution < 1.29 is 19.1 Å². The summed E-state index contributed by atoms with van der Waals surface area (Å²) in [6, 6.07) is 1.60. The van der Waals surface area contributed by atoms with E-state index in [1.54, 1.807) is 6.08 Å². The molecule has 3 rings (SSSR count). The minimum absolute atomic E-state index is 0.123. The number of amides is 3. The van der Waals surface area contributed by atoms with Crippen LogP contribution in [0.5, 0.6) is 11.5 Å². The maximum absolute atomic E-state index is 11.9. The summed E-state index contributed by atoms with van der Waals surface area (Å²) in [5.41, 5.74) is 2.75. The minimum atomic E-state index is -0.520. The van der Waals surface area contributed by atoms with Gasteiger partial charge in [-0.15, -0.1) is 0 Å². The van der Waals surface area contributed by atoms with Gasteiger partial charge in [0.25, 0.3) is 5.91 Å². The van der Waals surface area contributed by atoms with Gasteiger partial charge in [0.15, 0.2) is 11.5 Å². The molecule has 0 saturated carbocycles. The summed E-state index contributed by atoms with van der Waals surface area (Å²) in [5, 5.41) is 4.75. The highest BCUT2D eigenvalue weighted by Gasteiger charge is 2.34. The van der Waals surface area contributed by atoms with E-state index >= 15 is 0 Å². The third-order valence-electron chi connectivity index (χ3n) is 4.31. The molecule has 2 aliphatic rings. The molecule has 2 heterocycles. The molecule has 134 valence electrons. The molecule has 0 radical (unpaired) electrons. The van der Waals surface area contributed by atoms with Crippen LogP contribution in [0, 0.1) is 0 Å². The Labute approximate surface area is 147 Å². The fraction of sp³-hybridized carbons (Fsp3) is 0.474. The highest BCUT2D eigenvalue weighted by Crippen LogP contribution is 2.48. The molecule has 2 N–H and O–H groups in total. The van der Waals surface area contributed by atoms with Gasteiger partial charge in [-0.1, -0.05) is 47.6 Å². The smallest absolute Gasteiger partial charge is 0.326 e. The van der Waals surface area contributed by atoms with Crippen molar-refractivity contribution in [2.45, 2.75) is 52.4 Å². The Balaban J connectivity index is 2.28. The number of carbonyl (C=O) groups is 2. The normalized spacial score (nSPS) is 18.6. The van der Waals surface area contributed by atoms with Gasteiger partial charge in [0.1, 0.15) is 5.70 Å². The van der Waals surface area contributed by atoms with Crippen molar-refractivity contribution in [3.8, 4) is 11.5 Å². The van der Waals surface area contributed by atoms with Crippen LogP contribution in [-0.4, -0.2) is 18.7 Å². The fourth-order valence-corrected chi connectivity index (χ4v) is 3.04. The molecular weight excluding hydrogens is 320 g/mol. The minimum Gasteiger partial charge on any atom is -0.453 e. The number of urea groups is 1. The molecular formula is C19H24N2O4. The number of ether oxygens (including phenoxy) is 2. The van der Waals surface area contributed by atoms with E-state index in [1.807, 2.05) is 0 Å². The molecule has 0 bridgehead atoms. The number of carbonyl (C=O) groups excluding carboxylic acids is 2. The van der Waals surface area contributed by atoms with E-state index in [-0.39, 0.29) is 23.3 Å². The lowest BCUT2D eigenvalue weighted by molar-refractivity contribution is -0.115. The topological polar surface area (TPSA) is 76.7 Å². The van der Waals surface area contributed by atoms with E-state index in [2.05, 4.69) is 58.2 Å². The number of fused-ring (bicyclic) bond motifs is 1. The van der Waals surface area contributed by atoms with Crippen molar-refractivity contribution in [3.63, 3.8) is 0 Å². The first-order valence-corrected chi connectivity index (χ1v) is 8.30. The lowest BCUT2D eigenvalue weighted by atomic mass is 9.77. The van der Waals surface area contributed by atoms with Crippen LogP contribution in [0.4, 0.5) is 4.79 Å². The summed E-state index contributed by atoms with van der Waals surface area (Å²) < 4.78 is 11.5. The Bertz CT molecular complexity index is 795. The zero-order chi connectivity index (χ0) is 18.6. The molecule has 2 aliphatic heterocycles. The predicted octanol–water partition coefficient (Wildman–Crippen LogP) is 3.19. The fourth-order valence-electron chi connectivity index (χ4n) is 3.04. The Kier molecular flexibility index (Phi) is 3.82. The maximum atomic E-state index is 11.9. The summed E-state index contributed by atoms with van der Waals surface area (Å²) in [5.74, 6) is 0.883. The second-order valence-corrected chi connectivity index (χ2v) is 8.42. The van der Waals surface area contributed by atoms with E-state index in [0.717, 1.165) is 16.7 Å². The zero-order valence-electron chi connectivity index (χ0n) is 15.5. The second-order valence-electron chi connectivity index (χ2n) is 8.42. The summed E-state index contributed by atoms with van der Waals surface area (Å²) >= 11 is 0. The Hall–Kier alpha value is -2.50. The van der Waals surface area contributed by atoms with Gasteiger partial charge in [0.05, 0.1) is 0 Å². The molecule has 0 aromatic heterocycles. The van der Waals surface area contributed by atoms with Gasteiger partial charge in [0.2, 0.25) is 6.79 Å². The van der Waals surface area contributed by atoms with Gasteiger partial charge < -0.3 is 14.8 Å². The van der Waals surface area contributed by atoms with Crippen molar-refractivity contribution in [1.29, 1.82) is 0 Å². The first-order valence-electron chi connectivity index (χ1n) is 8.30. The molecule has 1 fully saturated rings. The van der Waals surface area contributed by atoms with E-state index in [4.69, 9.17) is 9.47 Å².